The highest BCUT2D eigenvalue weighted by molar-refractivity contribution is 9.10. The highest BCUT2D eigenvalue weighted by atomic mass is 79.9. The van der Waals surface area contributed by atoms with E-state index < -0.39 is 18.3 Å². The van der Waals surface area contributed by atoms with E-state index in [-0.39, 0.29) is 19.5 Å². The zero-order valence-corrected chi connectivity index (χ0v) is 40.9. The lowest BCUT2D eigenvalue weighted by Crippen LogP contribution is -2.41. The first kappa shape index (κ1) is 49.4. The van der Waals surface area contributed by atoms with E-state index in [0.717, 1.165) is 87.4 Å². The van der Waals surface area contributed by atoms with Crippen LogP contribution < -0.4 is 16.1 Å². The summed E-state index contributed by atoms with van der Waals surface area (Å²) in [5.74, 6) is 0. The first-order valence-electron chi connectivity index (χ1n) is 22.7. The highest BCUT2D eigenvalue weighted by Crippen LogP contribution is 2.38. The summed E-state index contributed by atoms with van der Waals surface area (Å²) in [5, 5.41) is 44.6. The number of nitrogens with one attached hydrogen (secondary N) is 4. The predicted molar refractivity (Wildman–Crippen MR) is 287 cm³/mol. The van der Waals surface area contributed by atoms with E-state index in [1.807, 2.05) is 113 Å². The second-order valence-corrected chi connectivity index (χ2v) is 18.7. The number of nitrogens with zero attached hydrogens (tertiary/aromatic N) is 8. The molecular weight excluding hydrogens is 951 g/mol. The number of pyridine rings is 4. The molecule has 0 saturated carbocycles. The number of anilines is 2. The minimum absolute atomic E-state index is 0. The van der Waals surface area contributed by atoms with E-state index >= 15 is 0 Å². The Kier molecular flexibility index (Phi) is 14.6. The topological polar surface area (TPSA) is 199 Å². The maximum atomic E-state index is 9.70. The maximum Gasteiger partial charge on any atom is 0.494 e. The van der Waals surface area contributed by atoms with Gasteiger partial charge in [0.1, 0.15) is 28.0 Å². The van der Waals surface area contributed by atoms with E-state index in [9.17, 15) is 10.5 Å². The molecule has 354 valence electrons. The number of rotatable bonds is 8. The Hall–Kier alpha value is -8.02. The zero-order chi connectivity index (χ0) is 49.0. The Morgan fingerprint density at radius 3 is 1.70 bits per heavy atom. The van der Waals surface area contributed by atoms with Crippen LogP contribution in [0.25, 0.3) is 54.9 Å². The Labute approximate surface area is 421 Å². The normalized spacial score (nSPS) is 14.2. The molecule has 2 atom stereocenters. The zero-order valence-electron chi connectivity index (χ0n) is 39.4. The van der Waals surface area contributed by atoms with Crippen LogP contribution in [0.5, 0.6) is 0 Å². The van der Waals surface area contributed by atoms with Crippen LogP contribution in [-0.2, 0) is 9.31 Å². The summed E-state index contributed by atoms with van der Waals surface area (Å²) in [6, 6.07) is 40.8. The number of fused-ring (bicyclic) bond motifs is 4. The van der Waals surface area contributed by atoms with Gasteiger partial charge < -0.3 is 19.9 Å². The number of aromatic amines is 2. The summed E-state index contributed by atoms with van der Waals surface area (Å²) in [7, 11) is -0.468. The van der Waals surface area contributed by atoms with Crippen molar-refractivity contribution in [2.24, 2.45) is 0 Å². The molecule has 1 fully saturated rings. The van der Waals surface area contributed by atoms with E-state index in [0.29, 0.717) is 11.1 Å². The van der Waals surface area contributed by atoms with Crippen molar-refractivity contribution in [3.63, 3.8) is 0 Å². The van der Waals surface area contributed by atoms with Crippen molar-refractivity contribution in [1.29, 1.82) is 10.5 Å². The summed E-state index contributed by atoms with van der Waals surface area (Å²) >= 11 is 3.32. The third-order valence-corrected chi connectivity index (χ3v) is 13.4. The van der Waals surface area contributed by atoms with Crippen molar-refractivity contribution >= 4 is 83.5 Å². The summed E-state index contributed by atoms with van der Waals surface area (Å²) in [6.45, 7) is 12.3. The van der Waals surface area contributed by atoms with Crippen molar-refractivity contribution in [3.05, 3.63) is 173 Å². The largest absolute Gasteiger partial charge is 0.494 e. The molecule has 0 spiro atoms. The standard InChI is InChI=1S/C24H26BN3O2.C24H18N6.C6H4BrN3.CH4/c1-16(17-9-7-6-8-10-17)28-22-18(14-26)15-27-21-12-11-19(13-20(21)22)25-29-23(2,3)24(4,5)30-25;1-15(16-5-3-2-4-6-16)28-23-18(12-25)13-27-21-8-7-17(11-20(21)23)24-19-9-10-26-14-22(19)29-30-24;7-6-4-1-2-8-3-5(4)9-10-6;/h6-13,15-16H,1-5H3,(H,27,28);2-11,13-15H,1H3,(H,27,28)(H,29,30);1-3H,(H,9,10);1H4. The van der Waals surface area contributed by atoms with Gasteiger partial charge in [-0.15, -0.1) is 0 Å². The Morgan fingerprint density at radius 2 is 1.14 bits per heavy atom. The lowest BCUT2D eigenvalue weighted by Gasteiger charge is -2.32. The van der Waals surface area contributed by atoms with Gasteiger partial charge in [0.25, 0.3) is 0 Å². The number of hydrogen-bond donors (Lipinski definition) is 4. The lowest BCUT2D eigenvalue weighted by atomic mass is 9.78. The van der Waals surface area contributed by atoms with Gasteiger partial charge in [-0.25, -0.2) is 0 Å². The van der Waals surface area contributed by atoms with Gasteiger partial charge in [-0.3, -0.25) is 30.1 Å². The van der Waals surface area contributed by atoms with Crippen molar-refractivity contribution in [2.75, 3.05) is 10.6 Å². The van der Waals surface area contributed by atoms with Gasteiger partial charge in [-0.05, 0) is 104 Å². The lowest BCUT2D eigenvalue weighted by molar-refractivity contribution is 0.00578. The van der Waals surface area contributed by atoms with Crippen molar-refractivity contribution in [3.8, 4) is 23.4 Å². The molecule has 14 nitrogen and oxygen atoms in total. The van der Waals surface area contributed by atoms with Gasteiger partial charge >= 0.3 is 7.12 Å². The predicted octanol–water partition coefficient (Wildman–Crippen LogP) is 12.2. The minimum Gasteiger partial charge on any atom is -0.399 e. The van der Waals surface area contributed by atoms with E-state index in [2.05, 4.69) is 117 Å². The first-order chi connectivity index (χ1) is 33.8. The van der Waals surface area contributed by atoms with Crippen LogP contribution >= 0.6 is 15.9 Å². The summed E-state index contributed by atoms with van der Waals surface area (Å²) < 4.78 is 13.3. The van der Waals surface area contributed by atoms with Gasteiger partial charge in [0.2, 0.25) is 0 Å². The number of H-pyrrole nitrogens is 2. The fraction of sp³-hybridized carbons (Fsp3) is 0.200. The number of nitriles is 2. The van der Waals surface area contributed by atoms with E-state index in [1.165, 1.54) is 0 Å². The molecule has 11 rings (SSSR count). The second-order valence-electron chi connectivity index (χ2n) is 17.9. The summed E-state index contributed by atoms with van der Waals surface area (Å²) in [6.07, 6.45) is 10.2. The molecule has 2 unspecified atom stereocenters. The second kappa shape index (κ2) is 20.9. The van der Waals surface area contributed by atoms with Gasteiger partial charge in [0.15, 0.2) is 0 Å². The molecule has 16 heteroatoms. The number of hydrogen-bond acceptors (Lipinski definition) is 12. The molecule has 4 N–H and O–H groups in total. The molecule has 0 bridgehead atoms. The monoisotopic (exact) mass is 1000 g/mol. The van der Waals surface area contributed by atoms with Gasteiger partial charge in [0, 0.05) is 64.0 Å². The third-order valence-electron chi connectivity index (χ3n) is 12.8. The Balaban J connectivity index is 0.000000157. The fourth-order valence-corrected chi connectivity index (χ4v) is 8.58. The van der Waals surface area contributed by atoms with Crippen LogP contribution in [0.3, 0.4) is 0 Å². The van der Waals surface area contributed by atoms with E-state index in [4.69, 9.17) is 9.31 Å². The van der Waals surface area contributed by atoms with Crippen LogP contribution in [0.4, 0.5) is 11.4 Å². The summed E-state index contributed by atoms with van der Waals surface area (Å²) in [4.78, 5) is 17.0. The molecule has 0 radical (unpaired) electrons. The van der Waals surface area contributed by atoms with Crippen LogP contribution in [0.1, 0.15) is 83.3 Å². The molecule has 10 aromatic rings. The molecule has 7 heterocycles. The number of halogens is 1. The van der Waals surface area contributed by atoms with Crippen molar-refractivity contribution in [2.45, 2.75) is 72.3 Å². The number of benzene rings is 4. The van der Waals surface area contributed by atoms with Crippen LogP contribution in [0.15, 0.2) is 151 Å². The molecule has 4 aromatic carbocycles. The smallest absolute Gasteiger partial charge is 0.399 e. The molecule has 6 aromatic heterocycles. The van der Waals surface area contributed by atoms with Gasteiger partial charge in [-0.2, -0.15) is 20.7 Å². The molecular formula is C55H52BBrN12O2. The quantitative estimate of drug-likeness (QED) is 0.105. The molecule has 1 aliphatic rings. The first-order valence-corrected chi connectivity index (χ1v) is 23.5. The van der Waals surface area contributed by atoms with Crippen molar-refractivity contribution < 1.29 is 9.31 Å². The van der Waals surface area contributed by atoms with Crippen LogP contribution in [-0.4, -0.2) is 58.7 Å². The fourth-order valence-electron chi connectivity index (χ4n) is 8.16. The van der Waals surface area contributed by atoms with Gasteiger partial charge in [-0.1, -0.05) is 86.3 Å². The summed E-state index contributed by atoms with van der Waals surface area (Å²) in [5.41, 5.74) is 10.2. The van der Waals surface area contributed by atoms with Crippen LogP contribution in [0.2, 0.25) is 0 Å². The third kappa shape index (κ3) is 10.3. The highest BCUT2D eigenvalue weighted by Gasteiger charge is 2.51. The molecule has 1 saturated heterocycles. The molecule has 0 aliphatic carbocycles. The minimum atomic E-state index is -0.468. The molecule has 71 heavy (non-hydrogen) atoms. The van der Waals surface area contributed by atoms with Crippen molar-refractivity contribution in [1.82, 2.24) is 40.3 Å². The Bertz CT molecular complexity index is 3560. The molecule has 0 amide bonds. The average molecular weight is 1000 g/mol. The average Bonchev–Trinajstić information content (AvgIpc) is 4.06. The van der Waals surface area contributed by atoms with Crippen LogP contribution in [0, 0.1) is 22.7 Å². The Morgan fingerprint density at radius 1 is 0.606 bits per heavy atom. The van der Waals surface area contributed by atoms with E-state index in [1.54, 1.807) is 37.2 Å². The maximum absolute atomic E-state index is 9.70. The molecule has 1 aliphatic heterocycles. The number of aromatic nitrogens is 8. The van der Waals surface area contributed by atoms with Gasteiger partial charge in [0.05, 0.1) is 62.6 Å². The SMILES string of the molecule is Brc1[nH]nc2cnccc12.C.CC(Nc1c(C#N)cnc2ccc(-c3n[nH]c4cnccc34)cc12)c1ccccc1.CC(Nc1c(C#N)cnc2ccc(B3OC(C)(C)C(C)(C)O3)cc12)c1ccccc1.